The van der Waals surface area contributed by atoms with Crippen LogP contribution in [0.4, 0.5) is 4.39 Å². The first-order chi connectivity index (χ1) is 10.9. The number of carbonyl (C=O) groups excluding carboxylic acids is 1. The average molecular weight is 339 g/mol. The van der Waals surface area contributed by atoms with Crippen LogP contribution < -0.4 is 0 Å². The molecule has 23 heavy (non-hydrogen) atoms. The monoisotopic (exact) mass is 338 g/mol. The molecule has 0 aliphatic heterocycles. The largest absolute Gasteiger partial charge is 0.511 e. The minimum absolute atomic E-state index is 0.0563. The molecule has 1 atom stereocenters. The molecule has 1 unspecified atom stereocenters. The number of allylic oxidation sites excluding steroid dienone is 2. The van der Waals surface area contributed by atoms with Crippen molar-refractivity contribution in [1.82, 2.24) is 4.90 Å². The Kier molecular flexibility index (Phi) is 5.91. The highest BCUT2D eigenvalue weighted by Crippen LogP contribution is 2.37. The van der Waals surface area contributed by atoms with Gasteiger partial charge in [-0.2, -0.15) is 0 Å². The fourth-order valence-corrected chi connectivity index (χ4v) is 2.89. The number of ketones is 1. The Hall–Kier alpha value is -1.72. The van der Waals surface area contributed by atoms with Gasteiger partial charge in [0.1, 0.15) is 11.6 Å². The van der Waals surface area contributed by atoms with Gasteiger partial charge in [-0.05, 0) is 26.2 Å². The smallest absolute Gasteiger partial charge is 0.168 e. The summed E-state index contributed by atoms with van der Waals surface area (Å²) < 4.78 is 14.0. The van der Waals surface area contributed by atoms with Gasteiger partial charge in [0.25, 0.3) is 0 Å². The quantitative estimate of drug-likeness (QED) is 0.837. The molecule has 0 radical (unpaired) electrons. The number of hydrogen-bond donors (Lipinski definition) is 1. The molecular weight excluding hydrogens is 319 g/mol. The average Bonchev–Trinajstić information content (AvgIpc) is 2.45. The molecule has 0 heterocycles. The highest BCUT2D eigenvalue weighted by atomic mass is 35.5. The van der Waals surface area contributed by atoms with E-state index in [0.717, 1.165) is 6.54 Å². The molecule has 0 saturated heterocycles. The number of hydrogen-bond acceptors (Lipinski definition) is 4. The van der Waals surface area contributed by atoms with E-state index in [1.165, 1.54) is 18.3 Å². The number of rotatable bonds is 5. The SMILES string of the molecule is CN(C)CCN=CC1=C(O)CC(c2c(F)cccc2Cl)CC1=O. The maximum absolute atomic E-state index is 14.0. The van der Waals surface area contributed by atoms with Gasteiger partial charge in [0, 0.05) is 42.1 Å². The van der Waals surface area contributed by atoms with Crippen LogP contribution in [0.25, 0.3) is 0 Å². The van der Waals surface area contributed by atoms with Crippen LogP contribution in [0.15, 0.2) is 34.5 Å². The minimum Gasteiger partial charge on any atom is -0.511 e. The van der Waals surface area contributed by atoms with Crippen LogP contribution in [0.1, 0.15) is 24.3 Å². The Balaban J connectivity index is 2.17. The maximum Gasteiger partial charge on any atom is 0.168 e. The normalized spacial score (nSPS) is 19.2. The number of benzene rings is 1. The lowest BCUT2D eigenvalue weighted by Gasteiger charge is -2.23. The van der Waals surface area contributed by atoms with Crippen molar-refractivity contribution in [3.05, 3.63) is 45.9 Å². The van der Waals surface area contributed by atoms with E-state index in [4.69, 9.17) is 11.6 Å². The van der Waals surface area contributed by atoms with E-state index >= 15 is 0 Å². The Labute approximate surface area is 140 Å². The standard InChI is InChI=1S/C17H20ClFN2O2/c1-21(2)7-6-20-10-12-15(22)8-11(9-16(12)23)17-13(18)4-3-5-14(17)19/h3-5,10-11,22H,6-9H2,1-2H3. The molecule has 0 bridgehead atoms. The van der Waals surface area contributed by atoms with Crippen LogP contribution >= 0.6 is 11.6 Å². The molecule has 4 nitrogen and oxygen atoms in total. The molecule has 2 rings (SSSR count). The first kappa shape index (κ1) is 17.6. The maximum atomic E-state index is 14.0. The second-order valence-corrected chi connectivity index (χ2v) is 6.27. The molecule has 0 amide bonds. The lowest BCUT2D eigenvalue weighted by atomic mass is 9.82. The second kappa shape index (κ2) is 7.70. The number of carbonyl (C=O) groups is 1. The Bertz CT molecular complexity index is 636. The van der Waals surface area contributed by atoms with Crippen molar-refractivity contribution in [2.45, 2.75) is 18.8 Å². The second-order valence-electron chi connectivity index (χ2n) is 5.86. The van der Waals surface area contributed by atoms with Gasteiger partial charge in [-0.3, -0.25) is 9.79 Å². The number of Topliss-reactive ketones (excluding diaryl/α,β-unsaturated/α-hetero) is 1. The molecule has 1 aliphatic rings. The van der Waals surface area contributed by atoms with Crippen LogP contribution in [-0.4, -0.2) is 49.2 Å². The van der Waals surface area contributed by atoms with Crippen molar-refractivity contribution in [2.75, 3.05) is 27.2 Å². The lowest BCUT2D eigenvalue weighted by Crippen LogP contribution is -2.21. The summed E-state index contributed by atoms with van der Waals surface area (Å²) in [5, 5.41) is 10.4. The molecule has 6 heteroatoms. The van der Waals surface area contributed by atoms with Gasteiger partial charge in [0.2, 0.25) is 0 Å². The molecule has 0 spiro atoms. The van der Waals surface area contributed by atoms with Crippen molar-refractivity contribution in [2.24, 2.45) is 4.99 Å². The van der Waals surface area contributed by atoms with Crippen molar-refractivity contribution in [3.63, 3.8) is 0 Å². The lowest BCUT2D eigenvalue weighted by molar-refractivity contribution is -0.116. The van der Waals surface area contributed by atoms with Gasteiger partial charge < -0.3 is 10.0 Å². The predicted molar refractivity (Wildman–Crippen MR) is 90.0 cm³/mol. The van der Waals surface area contributed by atoms with E-state index in [1.807, 2.05) is 19.0 Å². The topological polar surface area (TPSA) is 52.9 Å². The Morgan fingerprint density at radius 3 is 2.78 bits per heavy atom. The molecule has 1 aliphatic carbocycles. The molecular formula is C17H20ClFN2O2. The predicted octanol–water partition coefficient (Wildman–Crippen LogP) is 3.37. The third-order valence-electron chi connectivity index (χ3n) is 3.79. The van der Waals surface area contributed by atoms with E-state index in [9.17, 15) is 14.3 Å². The fraction of sp³-hybridized carbons (Fsp3) is 0.412. The Morgan fingerprint density at radius 1 is 1.43 bits per heavy atom. The number of halogens is 2. The summed E-state index contributed by atoms with van der Waals surface area (Å²) in [6.07, 6.45) is 1.71. The summed E-state index contributed by atoms with van der Waals surface area (Å²) in [5.74, 6) is -1.20. The van der Waals surface area contributed by atoms with E-state index < -0.39 is 11.7 Å². The number of aliphatic hydroxyl groups excluding tert-OH is 1. The van der Waals surface area contributed by atoms with E-state index in [1.54, 1.807) is 6.07 Å². The first-order valence-electron chi connectivity index (χ1n) is 7.44. The minimum atomic E-state index is -0.453. The van der Waals surface area contributed by atoms with Gasteiger partial charge >= 0.3 is 0 Å². The number of aliphatic hydroxyl groups is 1. The van der Waals surface area contributed by atoms with Gasteiger partial charge in [0.15, 0.2) is 5.78 Å². The summed E-state index contributed by atoms with van der Waals surface area (Å²) in [4.78, 5) is 18.4. The summed E-state index contributed by atoms with van der Waals surface area (Å²) in [6, 6.07) is 4.42. The fourth-order valence-electron chi connectivity index (χ4n) is 2.58. The molecule has 0 saturated carbocycles. The summed E-state index contributed by atoms with van der Waals surface area (Å²) >= 11 is 6.05. The van der Waals surface area contributed by atoms with Crippen LogP contribution in [0.3, 0.4) is 0 Å². The third kappa shape index (κ3) is 4.39. The number of aliphatic imine (C=N–C) groups is 1. The van der Waals surface area contributed by atoms with Crippen molar-refractivity contribution in [1.29, 1.82) is 0 Å². The van der Waals surface area contributed by atoms with E-state index in [2.05, 4.69) is 4.99 Å². The number of nitrogens with zero attached hydrogens (tertiary/aromatic N) is 2. The summed E-state index contributed by atoms with van der Waals surface area (Å²) in [5.41, 5.74) is 0.505. The third-order valence-corrected chi connectivity index (χ3v) is 4.12. The van der Waals surface area contributed by atoms with Gasteiger partial charge in [-0.25, -0.2) is 4.39 Å². The van der Waals surface area contributed by atoms with Crippen LogP contribution in [0, 0.1) is 5.82 Å². The summed E-state index contributed by atoms with van der Waals surface area (Å²) in [7, 11) is 3.86. The molecule has 0 fully saturated rings. The molecule has 1 aromatic rings. The van der Waals surface area contributed by atoms with Gasteiger partial charge in [-0.1, -0.05) is 17.7 Å². The van der Waals surface area contributed by atoms with Crippen LogP contribution in [-0.2, 0) is 4.79 Å². The highest BCUT2D eigenvalue weighted by Gasteiger charge is 2.30. The molecule has 124 valence electrons. The first-order valence-corrected chi connectivity index (χ1v) is 7.81. The summed E-state index contributed by atoms with van der Waals surface area (Å²) in [6.45, 7) is 1.30. The molecule has 1 aromatic carbocycles. The van der Waals surface area contributed by atoms with Gasteiger partial charge in [0.05, 0.1) is 12.1 Å². The Morgan fingerprint density at radius 2 is 2.17 bits per heavy atom. The highest BCUT2D eigenvalue weighted by molar-refractivity contribution is 6.31. The van der Waals surface area contributed by atoms with Gasteiger partial charge in [-0.15, -0.1) is 0 Å². The molecule has 1 N–H and O–H groups in total. The zero-order chi connectivity index (χ0) is 17.0. The van der Waals surface area contributed by atoms with E-state index in [0.29, 0.717) is 6.54 Å². The zero-order valence-electron chi connectivity index (χ0n) is 13.2. The zero-order valence-corrected chi connectivity index (χ0v) is 14.0. The van der Waals surface area contributed by atoms with Crippen molar-refractivity contribution >= 4 is 23.6 Å². The van der Waals surface area contributed by atoms with Crippen molar-refractivity contribution < 1.29 is 14.3 Å². The van der Waals surface area contributed by atoms with Crippen LogP contribution in [0.2, 0.25) is 5.02 Å². The molecule has 0 aromatic heterocycles. The van der Waals surface area contributed by atoms with Crippen molar-refractivity contribution in [3.8, 4) is 0 Å². The number of likely N-dealkylation sites (N-methyl/N-ethyl adjacent to an activating group) is 1. The van der Waals surface area contributed by atoms with Crippen LogP contribution in [0.5, 0.6) is 0 Å². The van der Waals surface area contributed by atoms with E-state index in [-0.39, 0.29) is 40.5 Å².